The quantitative estimate of drug-likeness (QED) is 0.604. The van der Waals surface area contributed by atoms with Crippen LogP contribution < -0.4 is 4.74 Å². The summed E-state index contributed by atoms with van der Waals surface area (Å²) < 4.78 is 34.4. The molecule has 0 unspecified atom stereocenters. The maximum absolute atomic E-state index is 10.3. The lowest BCUT2D eigenvalue weighted by atomic mass is 10.4. The smallest absolute Gasteiger partial charge is 0.264 e. The molecule has 0 saturated heterocycles. The van der Waals surface area contributed by atoms with E-state index in [4.69, 9.17) is 9.29 Å². The van der Waals surface area contributed by atoms with Crippen LogP contribution in [0.15, 0.2) is 17.5 Å². The second-order valence-corrected chi connectivity index (χ2v) is 5.26. The molecule has 0 aliphatic heterocycles. The van der Waals surface area contributed by atoms with Crippen LogP contribution >= 0.6 is 11.3 Å². The molecular weight excluding hydrogens is 224 g/mol. The molecule has 14 heavy (non-hydrogen) atoms. The van der Waals surface area contributed by atoms with Crippen molar-refractivity contribution >= 4 is 21.5 Å². The van der Waals surface area contributed by atoms with E-state index in [-0.39, 0.29) is 5.75 Å². The van der Waals surface area contributed by atoms with Crippen molar-refractivity contribution in [1.29, 1.82) is 0 Å². The zero-order valence-corrected chi connectivity index (χ0v) is 9.18. The molecule has 1 heterocycles. The number of unbranched alkanes of at least 4 members (excludes halogenated alkanes) is 1. The molecule has 6 heteroatoms. The van der Waals surface area contributed by atoms with Gasteiger partial charge in [-0.3, -0.25) is 4.55 Å². The lowest BCUT2D eigenvalue weighted by Crippen LogP contribution is -2.05. The SMILES string of the molecule is O=S(=O)(O)CCCCOc1cccs1. The summed E-state index contributed by atoms with van der Waals surface area (Å²) in [6, 6.07) is 3.74. The molecule has 1 rings (SSSR count). The van der Waals surface area contributed by atoms with Gasteiger partial charge in [0, 0.05) is 0 Å². The number of thiophene rings is 1. The van der Waals surface area contributed by atoms with Crippen LogP contribution in [0.4, 0.5) is 0 Å². The highest BCUT2D eigenvalue weighted by Crippen LogP contribution is 2.18. The van der Waals surface area contributed by atoms with Crippen molar-refractivity contribution in [2.75, 3.05) is 12.4 Å². The third-order valence-corrected chi connectivity index (χ3v) is 3.12. The summed E-state index contributed by atoms with van der Waals surface area (Å²) in [6.07, 6.45) is 1.04. The van der Waals surface area contributed by atoms with Crippen molar-refractivity contribution in [3.63, 3.8) is 0 Å². The van der Waals surface area contributed by atoms with E-state index in [9.17, 15) is 8.42 Å². The fraction of sp³-hybridized carbons (Fsp3) is 0.500. The predicted octanol–water partition coefficient (Wildman–Crippen LogP) is 1.79. The standard InChI is InChI=1S/C8H12O4S2/c9-14(10,11)7-2-1-5-12-8-4-3-6-13-8/h3-4,6H,1-2,5,7H2,(H,9,10,11). The van der Waals surface area contributed by atoms with Gasteiger partial charge in [-0.05, 0) is 30.4 Å². The molecule has 0 spiro atoms. The maximum Gasteiger partial charge on any atom is 0.264 e. The third-order valence-electron chi connectivity index (χ3n) is 1.54. The van der Waals surface area contributed by atoms with Gasteiger partial charge in [-0.1, -0.05) is 0 Å². The molecule has 1 N–H and O–H groups in total. The Morgan fingerprint density at radius 1 is 1.43 bits per heavy atom. The summed E-state index contributed by atoms with van der Waals surface area (Å²) in [7, 11) is -3.81. The van der Waals surface area contributed by atoms with Crippen LogP contribution in [0.3, 0.4) is 0 Å². The normalized spacial score (nSPS) is 11.5. The lowest BCUT2D eigenvalue weighted by Gasteiger charge is -2.01. The Hall–Kier alpha value is -0.590. The monoisotopic (exact) mass is 236 g/mol. The molecule has 0 atom stereocenters. The van der Waals surface area contributed by atoms with Crippen LogP contribution in [0.5, 0.6) is 5.06 Å². The number of hydrogen-bond acceptors (Lipinski definition) is 4. The molecular formula is C8H12O4S2. The highest BCUT2D eigenvalue weighted by Gasteiger charge is 2.03. The fourth-order valence-corrected chi connectivity index (χ4v) is 2.07. The van der Waals surface area contributed by atoms with E-state index in [1.54, 1.807) is 0 Å². The Bertz CT molecular complexity index is 341. The van der Waals surface area contributed by atoms with Gasteiger partial charge in [0.15, 0.2) is 5.06 Å². The topological polar surface area (TPSA) is 63.6 Å². The molecule has 4 nitrogen and oxygen atoms in total. The van der Waals surface area contributed by atoms with Crippen LogP contribution in [-0.4, -0.2) is 25.3 Å². The summed E-state index contributed by atoms with van der Waals surface area (Å²) in [6.45, 7) is 0.482. The van der Waals surface area contributed by atoms with Crippen molar-refractivity contribution in [3.8, 4) is 5.06 Å². The second-order valence-electron chi connectivity index (χ2n) is 2.77. The van der Waals surface area contributed by atoms with Gasteiger partial charge in [-0.2, -0.15) is 8.42 Å². The van der Waals surface area contributed by atoms with E-state index >= 15 is 0 Å². The number of rotatable bonds is 6. The molecule has 0 amide bonds. The first-order chi connectivity index (χ1) is 6.58. The van der Waals surface area contributed by atoms with Gasteiger partial charge >= 0.3 is 0 Å². The minimum Gasteiger partial charge on any atom is -0.484 e. The summed E-state index contributed by atoms with van der Waals surface area (Å²) >= 11 is 1.50. The molecule has 0 aromatic carbocycles. The van der Waals surface area contributed by atoms with Gasteiger partial charge in [0.1, 0.15) is 0 Å². The van der Waals surface area contributed by atoms with Crippen molar-refractivity contribution in [3.05, 3.63) is 17.5 Å². The Labute approximate surface area is 87.3 Å². The molecule has 0 saturated carbocycles. The minimum absolute atomic E-state index is 0.194. The van der Waals surface area contributed by atoms with E-state index in [0.717, 1.165) is 5.06 Å². The highest BCUT2D eigenvalue weighted by molar-refractivity contribution is 7.85. The van der Waals surface area contributed by atoms with Gasteiger partial charge in [0.2, 0.25) is 0 Å². The van der Waals surface area contributed by atoms with Gasteiger partial charge < -0.3 is 4.74 Å². The van der Waals surface area contributed by atoms with Crippen molar-refractivity contribution in [1.82, 2.24) is 0 Å². The zero-order chi connectivity index (χ0) is 10.4. The second kappa shape index (κ2) is 5.33. The van der Waals surface area contributed by atoms with E-state index < -0.39 is 10.1 Å². The summed E-state index contributed by atoms with van der Waals surface area (Å²) in [4.78, 5) is 0. The van der Waals surface area contributed by atoms with E-state index in [0.29, 0.717) is 19.4 Å². The van der Waals surface area contributed by atoms with Crippen molar-refractivity contribution < 1.29 is 17.7 Å². The molecule has 0 bridgehead atoms. The third kappa shape index (κ3) is 5.21. The predicted molar refractivity (Wildman–Crippen MR) is 55.5 cm³/mol. The first-order valence-corrected chi connectivity index (χ1v) is 6.68. The molecule has 0 aliphatic carbocycles. The molecule has 1 aromatic heterocycles. The zero-order valence-electron chi connectivity index (χ0n) is 7.55. The van der Waals surface area contributed by atoms with Crippen LogP contribution in [0.25, 0.3) is 0 Å². The summed E-state index contributed by atoms with van der Waals surface area (Å²) in [5.41, 5.74) is 0. The highest BCUT2D eigenvalue weighted by atomic mass is 32.2. The first-order valence-electron chi connectivity index (χ1n) is 4.19. The summed E-state index contributed by atoms with van der Waals surface area (Å²) in [5, 5.41) is 2.74. The van der Waals surface area contributed by atoms with E-state index in [1.807, 2.05) is 17.5 Å². The minimum atomic E-state index is -3.81. The van der Waals surface area contributed by atoms with Gasteiger partial charge in [-0.25, -0.2) is 0 Å². The maximum atomic E-state index is 10.3. The molecule has 0 fully saturated rings. The molecule has 1 aromatic rings. The molecule has 0 aliphatic rings. The average Bonchev–Trinajstić information content (AvgIpc) is 2.54. The molecule has 80 valence electrons. The Morgan fingerprint density at radius 3 is 2.79 bits per heavy atom. The van der Waals surface area contributed by atoms with Crippen LogP contribution in [0, 0.1) is 0 Å². The van der Waals surface area contributed by atoms with E-state index in [2.05, 4.69) is 0 Å². The largest absolute Gasteiger partial charge is 0.484 e. The van der Waals surface area contributed by atoms with E-state index in [1.165, 1.54) is 11.3 Å². The van der Waals surface area contributed by atoms with Crippen molar-refractivity contribution in [2.45, 2.75) is 12.8 Å². The Balaban J connectivity index is 2.06. The van der Waals surface area contributed by atoms with Crippen LogP contribution in [0.1, 0.15) is 12.8 Å². The number of ether oxygens (including phenoxy) is 1. The van der Waals surface area contributed by atoms with Crippen molar-refractivity contribution in [2.24, 2.45) is 0 Å². The van der Waals surface area contributed by atoms with Crippen LogP contribution in [-0.2, 0) is 10.1 Å². The van der Waals surface area contributed by atoms with Gasteiger partial charge in [-0.15, -0.1) is 11.3 Å². The Morgan fingerprint density at radius 2 is 2.21 bits per heavy atom. The summed E-state index contributed by atoms with van der Waals surface area (Å²) in [5.74, 6) is -0.194. The fourth-order valence-electron chi connectivity index (χ4n) is 0.905. The van der Waals surface area contributed by atoms with Gasteiger partial charge in [0.25, 0.3) is 10.1 Å². The average molecular weight is 236 g/mol. The lowest BCUT2D eigenvalue weighted by molar-refractivity contribution is 0.318. The Kier molecular flexibility index (Phi) is 4.37. The first kappa shape index (κ1) is 11.5. The van der Waals surface area contributed by atoms with Crippen LogP contribution in [0.2, 0.25) is 0 Å². The number of hydrogen-bond donors (Lipinski definition) is 1. The molecule has 0 radical (unpaired) electrons. The van der Waals surface area contributed by atoms with Gasteiger partial charge in [0.05, 0.1) is 12.4 Å².